The van der Waals surface area contributed by atoms with Crippen LogP contribution in [-0.4, -0.2) is 17.4 Å². The molecule has 7 heteroatoms. The molecule has 0 heterocycles. The van der Waals surface area contributed by atoms with Crippen molar-refractivity contribution in [2.45, 2.75) is 6.36 Å². The van der Waals surface area contributed by atoms with E-state index in [0.29, 0.717) is 15.6 Å². The first kappa shape index (κ1) is 15.4. The Kier molecular flexibility index (Phi) is 4.22. The van der Waals surface area contributed by atoms with Crippen LogP contribution in [0.2, 0.25) is 0 Å². The van der Waals surface area contributed by atoms with Crippen molar-refractivity contribution in [1.29, 1.82) is 0 Å². The number of halogens is 4. The summed E-state index contributed by atoms with van der Waals surface area (Å²) >= 11 is 3.10. The summed E-state index contributed by atoms with van der Waals surface area (Å²) in [5.74, 6) is -1.49. The Morgan fingerprint density at radius 3 is 2.38 bits per heavy atom. The lowest BCUT2D eigenvalue weighted by Crippen LogP contribution is -2.17. The molecule has 0 aliphatic carbocycles. The number of benzene rings is 2. The summed E-state index contributed by atoms with van der Waals surface area (Å²) in [5, 5.41) is 9.04. The highest BCUT2D eigenvalue weighted by Crippen LogP contribution is 2.30. The van der Waals surface area contributed by atoms with Crippen molar-refractivity contribution in [3.63, 3.8) is 0 Å². The molecule has 0 saturated carbocycles. The average molecular weight is 361 g/mol. The fourth-order valence-corrected chi connectivity index (χ4v) is 2.16. The van der Waals surface area contributed by atoms with E-state index in [4.69, 9.17) is 5.11 Å². The lowest BCUT2D eigenvalue weighted by atomic mass is 10.0. The van der Waals surface area contributed by atoms with E-state index in [9.17, 15) is 18.0 Å². The number of hydrogen-bond donors (Lipinski definition) is 1. The minimum atomic E-state index is -4.77. The maximum atomic E-state index is 12.2. The smallest absolute Gasteiger partial charge is 0.478 e. The van der Waals surface area contributed by atoms with E-state index in [1.807, 2.05) is 0 Å². The SMILES string of the molecule is O=C(O)c1cc(-c2cccc(OC(F)(F)F)c2)ccc1Br. The highest BCUT2D eigenvalue weighted by molar-refractivity contribution is 9.10. The maximum Gasteiger partial charge on any atom is 0.573 e. The van der Waals surface area contributed by atoms with Gasteiger partial charge in [-0.3, -0.25) is 0 Å². The first-order valence-corrected chi connectivity index (χ1v) is 6.44. The topological polar surface area (TPSA) is 46.5 Å². The molecule has 3 nitrogen and oxygen atoms in total. The Bertz CT molecular complexity index is 683. The van der Waals surface area contributed by atoms with Gasteiger partial charge >= 0.3 is 12.3 Å². The van der Waals surface area contributed by atoms with E-state index in [2.05, 4.69) is 20.7 Å². The van der Waals surface area contributed by atoms with Crippen molar-refractivity contribution in [3.8, 4) is 16.9 Å². The highest BCUT2D eigenvalue weighted by Gasteiger charge is 2.31. The molecule has 0 saturated heterocycles. The molecule has 0 aromatic heterocycles. The van der Waals surface area contributed by atoms with Crippen LogP contribution in [0.1, 0.15) is 10.4 Å². The summed E-state index contributed by atoms with van der Waals surface area (Å²) in [6.07, 6.45) is -4.77. The van der Waals surface area contributed by atoms with E-state index < -0.39 is 12.3 Å². The standard InChI is InChI=1S/C14H8BrF3O3/c15-12-5-4-9(7-11(12)13(19)20)8-2-1-3-10(6-8)21-14(16,17)18/h1-7H,(H,19,20). The average Bonchev–Trinajstić information content (AvgIpc) is 2.37. The molecule has 0 bridgehead atoms. The van der Waals surface area contributed by atoms with E-state index in [1.165, 1.54) is 30.3 Å². The molecular formula is C14H8BrF3O3. The number of aromatic carboxylic acids is 1. The van der Waals surface area contributed by atoms with Crippen molar-refractivity contribution < 1.29 is 27.8 Å². The summed E-state index contributed by atoms with van der Waals surface area (Å²) in [7, 11) is 0. The summed E-state index contributed by atoms with van der Waals surface area (Å²) in [6.45, 7) is 0. The first-order chi connectivity index (χ1) is 9.76. The number of carbonyl (C=O) groups is 1. The van der Waals surface area contributed by atoms with Gasteiger partial charge in [0, 0.05) is 4.47 Å². The van der Waals surface area contributed by atoms with Gasteiger partial charge in [0.15, 0.2) is 0 Å². The Hall–Kier alpha value is -2.02. The van der Waals surface area contributed by atoms with Gasteiger partial charge in [0.2, 0.25) is 0 Å². The zero-order valence-electron chi connectivity index (χ0n) is 10.3. The van der Waals surface area contributed by atoms with Crippen LogP contribution in [0.4, 0.5) is 13.2 Å². The summed E-state index contributed by atoms with van der Waals surface area (Å²) in [4.78, 5) is 11.1. The third kappa shape index (κ3) is 3.98. The summed E-state index contributed by atoms with van der Waals surface area (Å²) in [5.41, 5.74) is 0.921. The Labute approximate surface area is 126 Å². The number of hydrogen-bond acceptors (Lipinski definition) is 2. The van der Waals surface area contributed by atoms with Crippen LogP contribution in [-0.2, 0) is 0 Å². The second-order valence-corrected chi connectivity index (χ2v) is 4.93. The van der Waals surface area contributed by atoms with Crippen molar-refractivity contribution in [1.82, 2.24) is 0 Å². The molecule has 0 aliphatic heterocycles. The molecule has 0 atom stereocenters. The zero-order valence-corrected chi connectivity index (χ0v) is 11.9. The molecule has 0 aliphatic rings. The van der Waals surface area contributed by atoms with Gasteiger partial charge in [-0.05, 0) is 51.3 Å². The number of rotatable bonds is 3. The van der Waals surface area contributed by atoms with Crippen LogP contribution in [0.15, 0.2) is 46.9 Å². The lowest BCUT2D eigenvalue weighted by Gasteiger charge is -2.10. The molecule has 0 unspecified atom stereocenters. The van der Waals surface area contributed by atoms with Crippen molar-refractivity contribution in [2.75, 3.05) is 0 Å². The van der Waals surface area contributed by atoms with E-state index in [1.54, 1.807) is 12.1 Å². The molecule has 0 amide bonds. The molecule has 21 heavy (non-hydrogen) atoms. The second-order valence-electron chi connectivity index (χ2n) is 4.08. The summed E-state index contributed by atoms with van der Waals surface area (Å²) in [6, 6.07) is 9.84. The highest BCUT2D eigenvalue weighted by atomic mass is 79.9. The first-order valence-electron chi connectivity index (χ1n) is 5.65. The number of alkyl halides is 3. The van der Waals surface area contributed by atoms with Crippen molar-refractivity contribution >= 4 is 21.9 Å². The van der Waals surface area contributed by atoms with E-state index in [0.717, 1.165) is 0 Å². The molecule has 0 radical (unpaired) electrons. The minimum absolute atomic E-state index is 0.0228. The maximum absolute atomic E-state index is 12.2. The van der Waals surface area contributed by atoms with Crippen LogP contribution in [0.25, 0.3) is 11.1 Å². The van der Waals surface area contributed by atoms with E-state index in [-0.39, 0.29) is 11.3 Å². The van der Waals surface area contributed by atoms with Crippen LogP contribution in [0.5, 0.6) is 5.75 Å². The third-order valence-corrected chi connectivity index (χ3v) is 3.29. The predicted octanol–water partition coefficient (Wildman–Crippen LogP) is 4.71. The lowest BCUT2D eigenvalue weighted by molar-refractivity contribution is -0.274. The van der Waals surface area contributed by atoms with Crippen LogP contribution in [0.3, 0.4) is 0 Å². The van der Waals surface area contributed by atoms with Crippen LogP contribution >= 0.6 is 15.9 Å². The second kappa shape index (κ2) is 5.77. The monoisotopic (exact) mass is 360 g/mol. The van der Waals surface area contributed by atoms with Crippen molar-refractivity contribution in [2.24, 2.45) is 0 Å². The predicted molar refractivity (Wildman–Crippen MR) is 73.2 cm³/mol. The minimum Gasteiger partial charge on any atom is -0.478 e. The molecular weight excluding hydrogens is 353 g/mol. The fourth-order valence-electron chi connectivity index (χ4n) is 1.74. The Balaban J connectivity index is 2.41. The Morgan fingerprint density at radius 1 is 1.10 bits per heavy atom. The van der Waals surface area contributed by atoms with Gasteiger partial charge in [0.1, 0.15) is 5.75 Å². The molecule has 110 valence electrons. The molecule has 2 aromatic rings. The van der Waals surface area contributed by atoms with Gasteiger partial charge in [-0.1, -0.05) is 18.2 Å². The molecule has 0 fully saturated rings. The van der Waals surface area contributed by atoms with Gasteiger partial charge in [-0.15, -0.1) is 13.2 Å². The molecule has 2 rings (SSSR count). The molecule has 0 spiro atoms. The molecule has 2 aromatic carbocycles. The van der Waals surface area contributed by atoms with Gasteiger partial charge in [-0.2, -0.15) is 0 Å². The zero-order chi connectivity index (χ0) is 15.6. The van der Waals surface area contributed by atoms with Gasteiger partial charge in [0.25, 0.3) is 0 Å². The van der Waals surface area contributed by atoms with Gasteiger partial charge in [0.05, 0.1) is 5.56 Å². The van der Waals surface area contributed by atoms with E-state index >= 15 is 0 Å². The van der Waals surface area contributed by atoms with Crippen LogP contribution < -0.4 is 4.74 Å². The van der Waals surface area contributed by atoms with Crippen LogP contribution in [0, 0.1) is 0 Å². The number of carboxylic acids is 1. The fraction of sp³-hybridized carbons (Fsp3) is 0.0714. The third-order valence-electron chi connectivity index (χ3n) is 2.60. The largest absolute Gasteiger partial charge is 0.573 e. The Morgan fingerprint density at radius 2 is 1.76 bits per heavy atom. The normalized spacial score (nSPS) is 11.2. The van der Waals surface area contributed by atoms with Gasteiger partial charge in [-0.25, -0.2) is 4.79 Å². The number of carboxylic acid groups (broad SMARTS) is 1. The quantitative estimate of drug-likeness (QED) is 0.861. The molecule has 1 N–H and O–H groups in total. The van der Waals surface area contributed by atoms with Crippen molar-refractivity contribution in [3.05, 3.63) is 52.5 Å². The number of ether oxygens (including phenoxy) is 1. The van der Waals surface area contributed by atoms with Gasteiger partial charge < -0.3 is 9.84 Å². The summed E-state index contributed by atoms with van der Waals surface area (Å²) < 4.78 is 40.8.